The van der Waals surface area contributed by atoms with Crippen LogP contribution in [0.1, 0.15) is 26.7 Å². The summed E-state index contributed by atoms with van der Waals surface area (Å²) in [6.45, 7) is 8.05. The Hall–Kier alpha value is -0.670. The van der Waals surface area contributed by atoms with Crippen molar-refractivity contribution in [1.29, 1.82) is 0 Å². The van der Waals surface area contributed by atoms with E-state index in [4.69, 9.17) is 9.47 Å². The molecule has 1 fully saturated rings. The van der Waals surface area contributed by atoms with Crippen molar-refractivity contribution in [1.82, 2.24) is 0 Å². The molecule has 0 saturated carbocycles. The summed E-state index contributed by atoms with van der Waals surface area (Å²) in [7, 11) is 1.57. The molecule has 0 aromatic heterocycles. The van der Waals surface area contributed by atoms with Gasteiger partial charge in [0, 0.05) is 19.4 Å². The molecule has 80 valence electrons. The van der Waals surface area contributed by atoms with Crippen molar-refractivity contribution in [3.63, 3.8) is 0 Å². The van der Waals surface area contributed by atoms with E-state index in [1.54, 1.807) is 7.11 Å². The highest BCUT2D eigenvalue weighted by Crippen LogP contribution is 2.37. The molecule has 1 heterocycles. The van der Waals surface area contributed by atoms with Gasteiger partial charge in [-0.3, -0.25) is 0 Å². The Labute approximate surface area is 85.1 Å². The molecule has 0 N–H and O–H groups in total. The Balaban J connectivity index is 2.80. The molecule has 3 heteroatoms. The molecule has 0 aliphatic carbocycles. The van der Waals surface area contributed by atoms with Gasteiger partial charge < -0.3 is 14.3 Å². The van der Waals surface area contributed by atoms with Crippen molar-refractivity contribution in [3.8, 4) is 0 Å². The molecule has 0 amide bonds. The Morgan fingerprint density at radius 1 is 1.71 bits per heavy atom. The molecule has 14 heavy (non-hydrogen) atoms. The van der Waals surface area contributed by atoms with Gasteiger partial charge in [-0.1, -0.05) is 19.1 Å². The predicted octanol–water partition coefficient (Wildman–Crippen LogP) is 1.92. The molecule has 1 aliphatic rings. The van der Waals surface area contributed by atoms with Crippen molar-refractivity contribution in [2.75, 3.05) is 7.11 Å². The second kappa shape index (κ2) is 4.24. The quantitative estimate of drug-likeness (QED) is 0.513. The van der Waals surface area contributed by atoms with Gasteiger partial charge in [-0.15, -0.1) is 0 Å². The van der Waals surface area contributed by atoms with E-state index in [-0.39, 0.29) is 12.5 Å². The van der Waals surface area contributed by atoms with Gasteiger partial charge in [-0.25, -0.2) is 0 Å². The standard InChI is InChI=1S/C11H18O3/c1-8-7-11(13-4,5-6-12)14-10(3)9(8)2/h6,9-10H,1,5,7H2,2-4H3/t9?,10?,11-/m0/s1. The molecule has 2 unspecified atom stereocenters. The maximum absolute atomic E-state index is 10.5. The Bertz CT molecular complexity index is 237. The van der Waals surface area contributed by atoms with Crippen molar-refractivity contribution in [2.45, 2.75) is 38.6 Å². The van der Waals surface area contributed by atoms with Crippen LogP contribution < -0.4 is 0 Å². The van der Waals surface area contributed by atoms with Crippen molar-refractivity contribution in [2.24, 2.45) is 5.92 Å². The third-order valence-corrected chi connectivity index (χ3v) is 3.01. The van der Waals surface area contributed by atoms with Crippen LogP contribution in [0.5, 0.6) is 0 Å². The smallest absolute Gasteiger partial charge is 0.178 e. The third kappa shape index (κ3) is 2.04. The highest BCUT2D eigenvalue weighted by atomic mass is 16.7. The molecule has 1 rings (SSSR count). The van der Waals surface area contributed by atoms with E-state index < -0.39 is 5.79 Å². The summed E-state index contributed by atoms with van der Waals surface area (Å²) in [5, 5.41) is 0. The van der Waals surface area contributed by atoms with Crippen LogP contribution >= 0.6 is 0 Å². The topological polar surface area (TPSA) is 35.5 Å². The second-order valence-corrected chi connectivity index (χ2v) is 3.93. The van der Waals surface area contributed by atoms with Crippen LogP contribution in [0.15, 0.2) is 12.2 Å². The van der Waals surface area contributed by atoms with E-state index >= 15 is 0 Å². The van der Waals surface area contributed by atoms with Crippen LogP contribution in [0.25, 0.3) is 0 Å². The first-order valence-corrected chi connectivity index (χ1v) is 4.89. The monoisotopic (exact) mass is 198 g/mol. The second-order valence-electron chi connectivity index (χ2n) is 3.93. The average molecular weight is 198 g/mol. The largest absolute Gasteiger partial charge is 0.352 e. The lowest BCUT2D eigenvalue weighted by atomic mass is 9.87. The summed E-state index contributed by atoms with van der Waals surface area (Å²) in [6, 6.07) is 0. The molecule has 3 nitrogen and oxygen atoms in total. The Morgan fingerprint density at radius 3 is 2.79 bits per heavy atom. The first-order chi connectivity index (χ1) is 6.54. The minimum absolute atomic E-state index is 0.0520. The zero-order valence-corrected chi connectivity index (χ0v) is 9.08. The van der Waals surface area contributed by atoms with Gasteiger partial charge in [0.2, 0.25) is 0 Å². The van der Waals surface area contributed by atoms with Crippen LogP contribution in [0, 0.1) is 5.92 Å². The number of hydrogen-bond acceptors (Lipinski definition) is 3. The first-order valence-electron chi connectivity index (χ1n) is 4.89. The number of carbonyl (C=O) groups is 1. The molecule has 3 atom stereocenters. The van der Waals surface area contributed by atoms with Crippen LogP contribution in [0.3, 0.4) is 0 Å². The third-order valence-electron chi connectivity index (χ3n) is 3.01. The SMILES string of the molecule is C=C1C[C@@](CC=O)(OC)OC(C)C1C. The lowest BCUT2D eigenvalue weighted by molar-refractivity contribution is -0.261. The zero-order valence-electron chi connectivity index (χ0n) is 9.08. The highest BCUT2D eigenvalue weighted by Gasteiger charge is 2.40. The number of ether oxygens (including phenoxy) is 2. The van der Waals surface area contributed by atoms with Gasteiger partial charge in [0.05, 0.1) is 12.5 Å². The Kier molecular flexibility index (Phi) is 3.45. The van der Waals surface area contributed by atoms with Crippen molar-refractivity contribution < 1.29 is 14.3 Å². The van der Waals surface area contributed by atoms with Crippen LogP contribution in [-0.4, -0.2) is 25.3 Å². The maximum Gasteiger partial charge on any atom is 0.178 e. The van der Waals surface area contributed by atoms with Crippen molar-refractivity contribution >= 4 is 6.29 Å². The van der Waals surface area contributed by atoms with Gasteiger partial charge in [-0.2, -0.15) is 0 Å². The maximum atomic E-state index is 10.5. The molecule has 0 radical (unpaired) electrons. The summed E-state index contributed by atoms with van der Waals surface area (Å²) < 4.78 is 11.0. The number of methoxy groups -OCH3 is 1. The normalized spacial score (nSPS) is 38.4. The fourth-order valence-electron chi connectivity index (χ4n) is 1.77. The van der Waals surface area contributed by atoms with Gasteiger partial charge in [0.25, 0.3) is 0 Å². The number of aldehydes is 1. The summed E-state index contributed by atoms with van der Waals surface area (Å²) in [5.74, 6) is -0.449. The van der Waals surface area contributed by atoms with E-state index in [0.29, 0.717) is 12.3 Å². The predicted molar refractivity (Wildman–Crippen MR) is 53.9 cm³/mol. The molecule has 0 aromatic rings. The summed E-state index contributed by atoms with van der Waals surface area (Å²) in [6.07, 6.45) is 1.75. The van der Waals surface area contributed by atoms with E-state index in [1.807, 2.05) is 6.92 Å². The molecule has 0 spiro atoms. The summed E-state index contributed by atoms with van der Waals surface area (Å²) in [5.41, 5.74) is 1.09. The molecule has 0 aromatic carbocycles. The van der Waals surface area contributed by atoms with Gasteiger partial charge in [-0.05, 0) is 6.92 Å². The van der Waals surface area contributed by atoms with Crippen LogP contribution in [0.4, 0.5) is 0 Å². The van der Waals surface area contributed by atoms with E-state index in [2.05, 4.69) is 13.5 Å². The van der Waals surface area contributed by atoms with Crippen LogP contribution in [0.2, 0.25) is 0 Å². The molecule has 1 saturated heterocycles. The Morgan fingerprint density at radius 2 is 2.36 bits per heavy atom. The van der Waals surface area contributed by atoms with Gasteiger partial charge >= 0.3 is 0 Å². The van der Waals surface area contributed by atoms with Gasteiger partial charge in [0.1, 0.15) is 6.29 Å². The first kappa shape index (κ1) is 11.4. The molecule has 1 aliphatic heterocycles. The van der Waals surface area contributed by atoms with E-state index in [0.717, 1.165) is 11.9 Å². The fraction of sp³-hybridized carbons (Fsp3) is 0.727. The lowest BCUT2D eigenvalue weighted by Crippen LogP contribution is -2.45. The molecular formula is C11H18O3. The molecular weight excluding hydrogens is 180 g/mol. The number of rotatable bonds is 3. The number of hydrogen-bond donors (Lipinski definition) is 0. The van der Waals surface area contributed by atoms with E-state index in [1.165, 1.54) is 0 Å². The average Bonchev–Trinajstić information content (AvgIpc) is 2.15. The van der Waals surface area contributed by atoms with Crippen LogP contribution in [-0.2, 0) is 14.3 Å². The lowest BCUT2D eigenvalue weighted by Gasteiger charge is -2.42. The zero-order chi connectivity index (χ0) is 10.8. The van der Waals surface area contributed by atoms with Crippen molar-refractivity contribution in [3.05, 3.63) is 12.2 Å². The van der Waals surface area contributed by atoms with E-state index in [9.17, 15) is 4.79 Å². The summed E-state index contributed by atoms with van der Waals surface area (Å²) >= 11 is 0. The highest BCUT2D eigenvalue weighted by molar-refractivity contribution is 5.51. The molecule has 0 bridgehead atoms. The minimum atomic E-state index is -0.773. The number of carbonyl (C=O) groups excluding carboxylic acids is 1. The minimum Gasteiger partial charge on any atom is -0.352 e. The fourth-order valence-corrected chi connectivity index (χ4v) is 1.77. The summed E-state index contributed by atoms with van der Waals surface area (Å²) in [4.78, 5) is 10.5. The van der Waals surface area contributed by atoms with Gasteiger partial charge in [0.15, 0.2) is 5.79 Å².